The van der Waals surface area contributed by atoms with Gasteiger partial charge in [0, 0.05) is 24.5 Å². The topological polar surface area (TPSA) is 47.0 Å². The van der Waals surface area contributed by atoms with Crippen molar-refractivity contribution in [3.05, 3.63) is 22.8 Å². The molecule has 1 aliphatic carbocycles. The van der Waals surface area contributed by atoms with Crippen molar-refractivity contribution < 1.29 is 4.74 Å². The zero-order valence-corrected chi connectivity index (χ0v) is 14.1. The third-order valence-electron chi connectivity index (χ3n) is 4.15. The van der Waals surface area contributed by atoms with Crippen molar-refractivity contribution in [3.63, 3.8) is 0 Å². The van der Waals surface area contributed by atoms with Gasteiger partial charge in [0.25, 0.3) is 0 Å². The van der Waals surface area contributed by atoms with Gasteiger partial charge in [0.1, 0.15) is 6.10 Å². The van der Waals surface area contributed by atoms with E-state index in [1.807, 2.05) is 0 Å². The van der Waals surface area contributed by atoms with Gasteiger partial charge < -0.3 is 10.1 Å². The summed E-state index contributed by atoms with van der Waals surface area (Å²) in [4.78, 5) is 9.45. The lowest BCUT2D eigenvalue weighted by molar-refractivity contribution is 0.0768. The van der Waals surface area contributed by atoms with Crippen LogP contribution in [0.25, 0.3) is 0 Å². The quantitative estimate of drug-likeness (QED) is 0.748. The van der Waals surface area contributed by atoms with Crippen LogP contribution in [0.2, 0.25) is 0 Å². The number of nitrogens with zero attached hydrogens (tertiary/aromatic N) is 2. The van der Waals surface area contributed by atoms with E-state index in [0.29, 0.717) is 12.0 Å². The first-order valence-corrected chi connectivity index (χ1v) is 8.13. The molecule has 1 fully saturated rings. The SMILES string of the molecule is COC(c1nc(C)c(CCCNC(C)C)c(C)n1)C1CC1. The number of ether oxygens (including phenoxy) is 1. The molecule has 0 amide bonds. The maximum Gasteiger partial charge on any atom is 0.157 e. The molecule has 2 rings (SSSR count). The van der Waals surface area contributed by atoms with E-state index >= 15 is 0 Å². The van der Waals surface area contributed by atoms with Crippen LogP contribution in [-0.2, 0) is 11.2 Å². The summed E-state index contributed by atoms with van der Waals surface area (Å²) in [6.07, 6.45) is 4.72. The maximum absolute atomic E-state index is 5.60. The molecule has 1 aromatic heterocycles. The second-order valence-corrected chi connectivity index (χ2v) is 6.44. The predicted octanol–water partition coefficient (Wildman–Crippen LogP) is 3.12. The number of hydrogen-bond donors (Lipinski definition) is 1. The number of rotatable bonds is 8. The first-order chi connectivity index (χ1) is 10.0. The van der Waals surface area contributed by atoms with Gasteiger partial charge in [-0.25, -0.2) is 9.97 Å². The van der Waals surface area contributed by atoms with Gasteiger partial charge in [-0.2, -0.15) is 0 Å². The monoisotopic (exact) mass is 291 g/mol. The van der Waals surface area contributed by atoms with Gasteiger partial charge in [0.2, 0.25) is 0 Å². The fraction of sp³-hybridized carbons (Fsp3) is 0.765. The Morgan fingerprint density at radius 1 is 1.19 bits per heavy atom. The largest absolute Gasteiger partial charge is 0.373 e. The van der Waals surface area contributed by atoms with Crippen LogP contribution in [0.5, 0.6) is 0 Å². The zero-order chi connectivity index (χ0) is 15.4. The molecule has 21 heavy (non-hydrogen) atoms. The number of aromatic nitrogens is 2. The molecule has 4 nitrogen and oxygen atoms in total. The van der Waals surface area contributed by atoms with Crippen LogP contribution in [0.4, 0.5) is 0 Å². The van der Waals surface area contributed by atoms with Gasteiger partial charge in [0.15, 0.2) is 5.82 Å². The van der Waals surface area contributed by atoms with Gasteiger partial charge in [-0.15, -0.1) is 0 Å². The van der Waals surface area contributed by atoms with Crippen molar-refractivity contribution in [1.29, 1.82) is 0 Å². The molecule has 1 atom stereocenters. The van der Waals surface area contributed by atoms with Crippen molar-refractivity contribution in [1.82, 2.24) is 15.3 Å². The van der Waals surface area contributed by atoms with E-state index in [1.165, 1.54) is 18.4 Å². The number of nitrogens with one attached hydrogen (secondary N) is 1. The summed E-state index contributed by atoms with van der Waals surface area (Å²) in [6, 6.07) is 0.548. The third kappa shape index (κ3) is 4.48. The van der Waals surface area contributed by atoms with E-state index in [1.54, 1.807) is 7.11 Å². The molecule has 0 bridgehead atoms. The van der Waals surface area contributed by atoms with Crippen LogP contribution in [-0.4, -0.2) is 29.7 Å². The van der Waals surface area contributed by atoms with Crippen molar-refractivity contribution in [2.45, 2.75) is 65.5 Å². The Bertz CT molecular complexity index is 446. The molecule has 0 aliphatic heterocycles. The summed E-state index contributed by atoms with van der Waals surface area (Å²) in [5, 5.41) is 3.46. The summed E-state index contributed by atoms with van der Waals surface area (Å²) in [5.74, 6) is 1.49. The smallest absolute Gasteiger partial charge is 0.157 e. The minimum absolute atomic E-state index is 0.0825. The molecule has 0 radical (unpaired) electrons. The normalized spacial score (nSPS) is 16.5. The molecule has 0 saturated heterocycles. The number of aryl methyl sites for hydroxylation is 2. The van der Waals surface area contributed by atoms with Crippen molar-refractivity contribution in [3.8, 4) is 0 Å². The van der Waals surface area contributed by atoms with Crippen LogP contribution >= 0.6 is 0 Å². The summed E-state index contributed by atoms with van der Waals surface area (Å²) in [5.41, 5.74) is 3.53. The Morgan fingerprint density at radius 3 is 2.29 bits per heavy atom. The summed E-state index contributed by atoms with van der Waals surface area (Å²) < 4.78 is 5.60. The fourth-order valence-corrected chi connectivity index (χ4v) is 2.82. The molecule has 1 aromatic rings. The number of hydrogen-bond acceptors (Lipinski definition) is 4. The molecule has 4 heteroatoms. The highest BCUT2D eigenvalue weighted by Gasteiger charge is 2.34. The highest BCUT2D eigenvalue weighted by molar-refractivity contribution is 5.25. The summed E-state index contributed by atoms with van der Waals surface area (Å²) in [7, 11) is 1.77. The van der Waals surface area contributed by atoms with Crippen LogP contribution < -0.4 is 5.32 Å². The molecular formula is C17H29N3O. The highest BCUT2D eigenvalue weighted by atomic mass is 16.5. The lowest BCUT2D eigenvalue weighted by Crippen LogP contribution is -2.24. The van der Waals surface area contributed by atoms with Crippen molar-refractivity contribution >= 4 is 0 Å². The Balaban J connectivity index is 2.02. The van der Waals surface area contributed by atoms with Crippen LogP contribution in [0.15, 0.2) is 0 Å². The lowest BCUT2D eigenvalue weighted by atomic mass is 10.1. The molecule has 1 N–H and O–H groups in total. The van der Waals surface area contributed by atoms with Crippen molar-refractivity contribution in [2.24, 2.45) is 5.92 Å². The molecule has 1 aliphatic rings. The van der Waals surface area contributed by atoms with E-state index in [0.717, 1.165) is 36.6 Å². The van der Waals surface area contributed by atoms with E-state index in [2.05, 4.69) is 33.0 Å². The minimum Gasteiger partial charge on any atom is -0.373 e. The predicted molar refractivity (Wildman–Crippen MR) is 85.4 cm³/mol. The van der Waals surface area contributed by atoms with Crippen LogP contribution in [0, 0.1) is 19.8 Å². The van der Waals surface area contributed by atoms with Crippen LogP contribution in [0.3, 0.4) is 0 Å². The average molecular weight is 291 g/mol. The van der Waals surface area contributed by atoms with E-state index in [4.69, 9.17) is 14.7 Å². The van der Waals surface area contributed by atoms with Crippen molar-refractivity contribution in [2.75, 3.05) is 13.7 Å². The van der Waals surface area contributed by atoms with Crippen LogP contribution in [0.1, 0.15) is 62.0 Å². The standard InChI is InChI=1S/C17H29N3O/c1-11(2)18-10-6-7-15-12(3)19-17(20-13(15)4)16(21-5)14-8-9-14/h11,14,16,18H,6-10H2,1-5H3. The zero-order valence-electron chi connectivity index (χ0n) is 14.1. The van der Waals surface area contributed by atoms with Gasteiger partial charge in [-0.3, -0.25) is 0 Å². The first kappa shape index (κ1) is 16.4. The Kier molecular flexibility index (Phi) is 5.71. The maximum atomic E-state index is 5.60. The number of methoxy groups -OCH3 is 1. The summed E-state index contributed by atoms with van der Waals surface area (Å²) in [6.45, 7) is 9.60. The van der Waals surface area contributed by atoms with Gasteiger partial charge >= 0.3 is 0 Å². The second-order valence-electron chi connectivity index (χ2n) is 6.44. The van der Waals surface area contributed by atoms with E-state index in [-0.39, 0.29) is 6.10 Å². The Hall–Kier alpha value is -1.00. The molecule has 1 heterocycles. The summed E-state index contributed by atoms with van der Waals surface area (Å²) >= 11 is 0. The highest BCUT2D eigenvalue weighted by Crippen LogP contribution is 2.42. The Labute approximate surface area is 128 Å². The van der Waals surface area contributed by atoms with Gasteiger partial charge in [0.05, 0.1) is 0 Å². The molecule has 1 saturated carbocycles. The fourth-order valence-electron chi connectivity index (χ4n) is 2.82. The Morgan fingerprint density at radius 2 is 1.81 bits per heavy atom. The van der Waals surface area contributed by atoms with E-state index in [9.17, 15) is 0 Å². The van der Waals surface area contributed by atoms with Gasteiger partial charge in [-0.1, -0.05) is 13.8 Å². The molecule has 0 spiro atoms. The van der Waals surface area contributed by atoms with Gasteiger partial charge in [-0.05, 0) is 57.6 Å². The lowest BCUT2D eigenvalue weighted by Gasteiger charge is -2.17. The first-order valence-electron chi connectivity index (χ1n) is 8.13. The molecule has 1 unspecified atom stereocenters. The molecule has 0 aromatic carbocycles. The third-order valence-corrected chi connectivity index (χ3v) is 4.15. The second kappa shape index (κ2) is 7.32. The average Bonchev–Trinajstić information content (AvgIpc) is 3.22. The van der Waals surface area contributed by atoms with E-state index < -0.39 is 0 Å². The molecule has 118 valence electrons. The molecular weight excluding hydrogens is 262 g/mol. The minimum atomic E-state index is 0.0825.